The number of carbonyl (C=O) groups excluding carboxylic acids is 1. The van der Waals surface area contributed by atoms with E-state index in [9.17, 15) is 19.8 Å². The molecule has 2 aromatic heterocycles. The number of nitrogens with zero attached hydrogens (tertiary/aromatic N) is 2. The molecule has 8 heteroatoms. The van der Waals surface area contributed by atoms with Gasteiger partial charge < -0.3 is 25.1 Å². The van der Waals surface area contributed by atoms with Crippen LogP contribution in [0.25, 0.3) is 21.9 Å². The number of nitrogens with one attached hydrogen (secondary N) is 2. The van der Waals surface area contributed by atoms with Gasteiger partial charge in [0, 0.05) is 41.2 Å². The van der Waals surface area contributed by atoms with E-state index in [1.54, 1.807) is 36.5 Å². The molecule has 1 atom stereocenters. The Morgan fingerprint density at radius 1 is 1.18 bits per heavy atom. The number of hydrogen-bond acceptors (Lipinski definition) is 4. The molecule has 4 N–H and O–H groups in total. The maximum absolute atomic E-state index is 13.0. The number of aryl methyl sites for hydroxylation is 1. The third-order valence-corrected chi connectivity index (χ3v) is 6.85. The van der Waals surface area contributed by atoms with Crippen LogP contribution >= 0.6 is 0 Å². The predicted molar refractivity (Wildman–Crippen MR) is 129 cm³/mol. The normalized spacial score (nSPS) is 15.6. The highest BCUT2D eigenvalue weighted by Crippen LogP contribution is 2.32. The number of carbonyl (C=O) groups is 2. The number of benzene rings is 2. The molecular formula is C26H28N4O4. The molecule has 34 heavy (non-hydrogen) atoms. The maximum Gasteiger partial charge on any atom is 0.326 e. The van der Waals surface area contributed by atoms with Crippen molar-refractivity contribution in [2.75, 3.05) is 0 Å². The van der Waals surface area contributed by atoms with E-state index in [0.717, 1.165) is 40.6 Å². The van der Waals surface area contributed by atoms with E-state index in [0.29, 0.717) is 17.1 Å². The van der Waals surface area contributed by atoms with Gasteiger partial charge in [-0.1, -0.05) is 19.3 Å². The number of aromatic nitrogens is 3. The third kappa shape index (κ3) is 4.11. The zero-order chi connectivity index (χ0) is 23.8. The third-order valence-electron chi connectivity index (χ3n) is 6.85. The molecule has 1 fully saturated rings. The number of carboxylic acid groups (broad SMARTS) is 1. The number of aromatic amines is 1. The second-order valence-corrected chi connectivity index (χ2v) is 9.14. The molecule has 0 bridgehead atoms. The van der Waals surface area contributed by atoms with Gasteiger partial charge in [0.05, 0.1) is 11.0 Å². The Morgan fingerprint density at radius 2 is 1.97 bits per heavy atom. The molecule has 1 amide bonds. The summed E-state index contributed by atoms with van der Waals surface area (Å²) >= 11 is 0. The molecule has 4 aromatic rings. The van der Waals surface area contributed by atoms with Crippen LogP contribution in [0.15, 0.2) is 42.6 Å². The summed E-state index contributed by atoms with van der Waals surface area (Å²) in [5.74, 6) is -0.495. The van der Waals surface area contributed by atoms with Crippen LogP contribution in [-0.4, -0.2) is 42.7 Å². The van der Waals surface area contributed by atoms with Crippen LogP contribution in [0.2, 0.25) is 0 Å². The summed E-state index contributed by atoms with van der Waals surface area (Å²) in [6.45, 7) is 2.00. The van der Waals surface area contributed by atoms with E-state index in [1.165, 1.54) is 19.3 Å². The zero-order valence-electron chi connectivity index (χ0n) is 19.0. The van der Waals surface area contributed by atoms with E-state index >= 15 is 0 Å². The molecule has 0 unspecified atom stereocenters. The Morgan fingerprint density at radius 3 is 2.74 bits per heavy atom. The lowest BCUT2D eigenvalue weighted by molar-refractivity contribution is -0.139. The van der Waals surface area contributed by atoms with Crippen LogP contribution < -0.4 is 5.32 Å². The SMILES string of the molecule is Cc1nc2cc(C(=O)N[C@@H](Cc3c[nH]c4cc(O)ccc34)C(=O)O)ccc2n1C1CCCCC1. The van der Waals surface area contributed by atoms with E-state index in [-0.39, 0.29) is 12.2 Å². The summed E-state index contributed by atoms with van der Waals surface area (Å²) in [5, 5.41) is 22.9. The molecule has 2 aromatic carbocycles. The number of H-pyrrole nitrogens is 1. The van der Waals surface area contributed by atoms with Gasteiger partial charge in [0.25, 0.3) is 5.91 Å². The number of carboxylic acids is 1. The Hall–Kier alpha value is -3.81. The molecule has 1 saturated carbocycles. The van der Waals surface area contributed by atoms with Crippen molar-refractivity contribution in [3.8, 4) is 5.75 Å². The van der Waals surface area contributed by atoms with Crippen LogP contribution in [0.1, 0.15) is 59.9 Å². The highest BCUT2D eigenvalue weighted by Gasteiger charge is 2.24. The Labute approximate surface area is 196 Å². The van der Waals surface area contributed by atoms with Gasteiger partial charge in [-0.15, -0.1) is 0 Å². The summed E-state index contributed by atoms with van der Waals surface area (Å²) in [6.07, 6.45) is 7.82. The average Bonchev–Trinajstić information content (AvgIpc) is 3.37. The maximum atomic E-state index is 13.0. The second kappa shape index (κ2) is 8.85. The van der Waals surface area contributed by atoms with Crippen molar-refractivity contribution in [1.29, 1.82) is 0 Å². The van der Waals surface area contributed by atoms with Crippen molar-refractivity contribution in [3.05, 3.63) is 59.5 Å². The van der Waals surface area contributed by atoms with Crippen molar-refractivity contribution in [2.24, 2.45) is 0 Å². The molecule has 1 aliphatic rings. The Bertz CT molecular complexity index is 1380. The van der Waals surface area contributed by atoms with Crippen molar-refractivity contribution in [2.45, 2.75) is 57.5 Å². The fourth-order valence-electron chi connectivity index (χ4n) is 5.17. The van der Waals surface area contributed by atoms with Gasteiger partial charge in [-0.05, 0) is 55.7 Å². The minimum atomic E-state index is -1.11. The van der Waals surface area contributed by atoms with Gasteiger partial charge in [0.15, 0.2) is 0 Å². The fourth-order valence-corrected chi connectivity index (χ4v) is 5.17. The van der Waals surface area contributed by atoms with Gasteiger partial charge >= 0.3 is 5.97 Å². The highest BCUT2D eigenvalue weighted by molar-refractivity contribution is 5.99. The van der Waals surface area contributed by atoms with Gasteiger partial charge in [-0.25, -0.2) is 9.78 Å². The number of fused-ring (bicyclic) bond motifs is 2. The van der Waals surface area contributed by atoms with Gasteiger partial charge in [-0.2, -0.15) is 0 Å². The summed E-state index contributed by atoms with van der Waals surface area (Å²) in [6, 6.07) is 9.60. The molecule has 1 aliphatic carbocycles. The summed E-state index contributed by atoms with van der Waals surface area (Å²) < 4.78 is 2.28. The Balaban J connectivity index is 1.37. The predicted octanol–water partition coefficient (Wildman–Crippen LogP) is 4.46. The quantitative estimate of drug-likeness (QED) is 0.339. The number of imidazole rings is 1. The van der Waals surface area contributed by atoms with Gasteiger partial charge in [0.2, 0.25) is 0 Å². The molecule has 8 nitrogen and oxygen atoms in total. The topological polar surface area (TPSA) is 120 Å². The Kier molecular flexibility index (Phi) is 5.73. The summed E-state index contributed by atoms with van der Waals surface area (Å²) in [7, 11) is 0. The zero-order valence-corrected chi connectivity index (χ0v) is 19.0. The van der Waals surface area contributed by atoms with E-state index < -0.39 is 17.9 Å². The van der Waals surface area contributed by atoms with E-state index in [4.69, 9.17) is 0 Å². The van der Waals surface area contributed by atoms with Crippen LogP contribution in [0.5, 0.6) is 5.75 Å². The van der Waals surface area contributed by atoms with Gasteiger partial charge in [-0.3, -0.25) is 4.79 Å². The first kappa shape index (κ1) is 22.0. The lowest BCUT2D eigenvalue weighted by Crippen LogP contribution is -2.42. The number of amides is 1. The largest absolute Gasteiger partial charge is 0.508 e. The minimum absolute atomic E-state index is 0.115. The monoisotopic (exact) mass is 460 g/mol. The summed E-state index contributed by atoms with van der Waals surface area (Å²) in [5.41, 5.74) is 3.60. The van der Waals surface area contributed by atoms with Crippen molar-refractivity contribution < 1.29 is 19.8 Å². The molecule has 176 valence electrons. The number of aromatic hydroxyl groups is 1. The number of phenolic OH excluding ortho intramolecular Hbond substituents is 1. The smallest absolute Gasteiger partial charge is 0.326 e. The lowest BCUT2D eigenvalue weighted by Gasteiger charge is -2.25. The first-order chi connectivity index (χ1) is 16.4. The molecule has 0 spiro atoms. The molecule has 0 aliphatic heterocycles. The van der Waals surface area contributed by atoms with Gasteiger partial charge in [0.1, 0.15) is 17.6 Å². The number of rotatable bonds is 6. The van der Waals surface area contributed by atoms with E-state index in [2.05, 4.69) is 19.9 Å². The standard InChI is InChI=1S/C26H28N4O4/c1-15-28-22-11-16(7-10-24(22)30(15)18-5-3-2-4-6-18)25(32)29-23(26(33)34)12-17-14-27-21-13-19(31)8-9-20(17)21/h7-11,13-14,18,23,27,31H,2-6,12H2,1H3,(H,29,32)(H,33,34)/t23-/m0/s1. The van der Waals surface area contributed by atoms with Crippen molar-refractivity contribution in [3.63, 3.8) is 0 Å². The minimum Gasteiger partial charge on any atom is -0.508 e. The van der Waals surface area contributed by atoms with Crippen molar-refractivity contribution >= 4 is 33.8 Å². The van der Waals surface area contributed by atoms with Crippen LogP contribution in [0, 0.1) is 6.92 Å². The van der Waals surface area contributed by atoms with Crippen LogP contribution in [-0.2, 0) is 11.2 Å². The second-order valence-electron chi connectivity index (χ2n) is 9.14. The first-order valence-electron chi connectivity index (χ1n) is 11.7. The van der Waals surface area contributed by atoms with Crippen molar-refractivity contribution in [1.82, 2.24) is 19.9 Å². The number of hydrogen-bond donors (Lipinski definition) is 4. The summed E-state index contributed by atoms with van der Waals surface area (Å²) in [4.78, 5) is 32.6. The van der Waals surface area contributed by atoms with Crippen LogP contribution in [0.3, 0.4) is 0 Å². The lowest BCUT2D eigenvalue weighted by atomic mass is 9.95. The molecule has 2 heterocycles. The number of phenols is 1. The average molecular weight is 461 g/mol. The number of aliphatic carboxylic acids is 1. The van der Waals surface area contributed by atoms with Crippen LogP contribution in [0.4, 0.5) is 0 Å². The van der Waals surface area contributed by atoms with E-state index in [1.807, 2.05) is 13.0 Å². The molecule has 0 radical (unpaired) electrons. The molecule has 5 rings (SSSR count). The highest BCUT2D eigenvalue weighted by atomic mass is 16.4. The first-order valence-corrected chi connectivity index (χ1v) is 11.7. The fraction of sp³-hybridized carbons (Fsp3) is 0.346. The molecule has 0 saturated heterocycles. The molecular weight excluding hydrogens is 432 g/mol.